The van der Waals surface area contributed by atoms with E-state index in [0.29, 0.717) is 5.56 Å². The summed E-state index contributed by atoms with van der Waals surface area (Å²) < 4.78 is 2.75. The number of rotatable bonds is 4. The van der Waals surface area contributed by atoms with Crippen molar-refractivity contribution in [3.63, 3.8) is 0 Å². The highest BCUT2D eigenvalue weighted by molar-refractivity contribution is 9.10. The zero-order chi connectivity index (χ0) is 11.5. The Balaban J connectivity index is 2.20. The van der Waals surface area contributed by atoms with Crippen LogP contribution < -0.4 is 0 Å². The van der Waals surface area contributed by atoms with Crippen LogP contribution >= 0.6 is 27.3 Å². The Morgan fingerprint density at radius 1 is 1.62 bits per heavy atom. The average Bonchev–Trinajstić information content (AvgIpc) is 2.87. The summed E-state index contributed by atoms with van der Waals surface area (Å²) in [5.74, 6) is 0.0399. The second kappa shape index (κ2) is 4.93. The van der Waals surface area contributed by atoms with Crippen LogP contribution in [0.4, 0.5) is 0 Å². The van der Waals surface area contributed by atoms with Gasteiger partial charge in [-0.25, -0.2) is 0 Å². The van der Waals surface area contributed by atoms with Gasteiger partial charge in [-0.1, -0.05) is 6.92 Å². The third kappa shape index (κ3) is 2.41. The average molecular weight is 299 g/mol. The van der Waals surface area contributed by atoms with Crippen molar-refractivity contribution in [2.75, 3.05) is 0 Å². The number of ketones is 1. The van der Waals surface area contributed by atoms with E-state index >= 15 is 0 Å². The standard InChI is InChI=1S/C11H11BrN2OS/c1-2-3-14-6-8(5-13-14)11(15)10-4-9(12)7-16-10/h4-7H,2-3H2,1H3. The molecular formula is C11H11BrN2OS. The summed E-state index contributed by atoms with van der Waals surface area (Å²) in [5, 5.41) is 6.05. The highest BCUT2D eigenvalue weighted by Gasteiger charge is 2.13. The number of nitrogens with zero attached hydrogens (tertiary/aromatic N) is 2. The number of carbonyl (C=O) groups is 1. The first-order valence-electron chi connectivity index (χ1n) is 5.02. The van der Waals surface area contributed by atoms with Gasteiger partial charge in [0.2, 0.25) is 5.78 Å². The molecule has 16 heavy (non-hydrogen) atoms. The van der Waals surface area contributed by atoms with E-state index in [1.807, 2.05) is 11.4 Å². The molecule has 0 saturated heterocycles. The van der Waals surface area contributed by atoms with E-state index < -0.39 is 0 Å². The maximum Gasteiger partial charge on any atom is 0.206 e. The molecule has 0 fully saturated rings. The summed E-state index contributed by atoms with van der Waals surface area (Å²) in [7, 11) is 0. The molecule has 84 valence electrons. The monoisotopic (exact) mass is 298 g/mol. The lowest BCUT2D eigenvalue weighted by atomic mass is 10.2. The van der Waals surface area contributed by atoms with Crippen molar-refractivity contribution in [3.05, 3.63) is 38.8 Å². The minimum absolute atomic E-state index is 0.0399. The summed E-state index contributed by atoms with van der Waals surface area (Å²) in [6, 6.07) is 1.84. The number of hydrogen-bond acceptors (Lipinski definition) is 3. The molecule has 0 aromatic carbocycles. The molecule has 0 amide bonds. The van der Waals surface area contributed by atoms with E-state index in [4.69, 9.17) is 0 Å². The van der Waals surface area contributed by atoms with Crippen LogP contribution in [-0.2, 0) is 6.54 Å². The van der Waals surface area contributed by atoms with Crippen LogP contribution in [-0.4, -0.2) is 15.6 Å². The van der Waals surface area contributed by atoms with Crippen LogP contribution in [0.3, 0.4) is 0 Å². The molecule has 0 saturated carbocycles. The van der Waals surface area contributed by atoms with Crippen molar-refractivity contribution >= 4 is 33.0 Å². The van der Waals surface area contributed by atoms with Gasteiger partial charge in [0.05, 0.1) is 16.6 Å². The topological polar surface area (TPSA) is 34.9 Å². The van der Waals surface area contributed by atoms with Gasteiger partial charge in [-0.3, -0.25) is 9.48 Å². The van der Waals surface area contributed by atoms with Gasteiger partial charge >= 0.3 is 0 Å². The molecule has 3 nitrogen and oxygen atoms in total. The van der Waals surface area contributed by atoms with Crippen LogP contribution in [0, 0.1) is 0 Å². The second-order valence-electron chi connectivity index (χ2n) is 3.45. The molecule has 0 radical (unpaired) electrons. The van der Waals surface area contributed by atoms with E-state index in [1.54, 1.807) is 17.1 Å². The minimum Gasteiger partial charge on any atom is -0.288 e. The largest absolute Gasteiger partial charge is 0.288 e. The van der Waals surface area contributed by atoms with Gasteiger partial charge in [0.15, 0.2) is 0 Å². The Hall–Kier alpha value is -0.940. The summed E-state index contributed by atoms with van der Waals surface area (Å²) in [5.41, 5.74) is 0.655. The van der Waals surface area contributed by atoms with E-state index in [0.717, 1.165) is 22.3 Å². The number of carbonyl (C=O) groups excluding carboxylic acids is 1. The molecule has 2 rings (SSSR count). The van der Waals surface area contributed by atoms with E-state index in [-0.39, 0.29) is 5.78 Å². The van der Waals surface area contributed by atoms with Gasteiger partial charge in [-0.15, -0.1) is 11.3 Å². The fraction of sp³-hybridized carbons (Fsp3) is 0.273. The van der Waals surface area contributed by atoms with E-state index in [2.05, 4.69) is 28.0 Å². The van der Waals surface area contributed by atoms with Gasteiger partial charge in [0, 0.05) is 22.6 Å². The van der Waals surface area contributed by atoms with Crippen LogP contribution in [0.5, 0.6) is 0 Å². The van der Waals surface area contributed by atoms with E-state index in [9.17, 15) is 4.79 Å². The fourth-order valence-electron chi connectivity index (χ4n) is 1.41. The number of thiophene rings is 1. The molecule has 0 bridgehead atoms. The quantitative estimate of drug-likeness (QED) is 0.812. The first kappa shape index (κ1) is 11.5. The number of aromatic nitrogens is 2. The summed E-state index contributed by atoms with van der Waals surface area (Å²) in [6.07, 6.45) is 4.45. The Labute approximate surface area is 106 Å². The van der Waals surface area contributed by atoms with Crippen molar-refractivity contribution in [1.82, 2.24) is 9.78 Å². The molecule has 2 heterocycles. The molecule has 0 aliphatic rings. The maximum absolute atomic E-state index is 12.0. The molecule has 0 aliphatic carbocycles. The first-order valence-corrected chi connectivity index (χ1v) is 6.69. The van der Waals surface area contributed by atoms with Gasteiger partial charge in [-0.05, 0) is 28.4 Å². The lowest BCUT2D eigenvalue weighted by molar-refractivity contribution is 0.104. The van der Waals surface area contributed by atoms with Gasteiger partial charge in [0.1, 0.15) is 0 Å². The second-order valence-corrected chi connectivity index (χ2v) is 5.28. The SMILES string of the molecule is CCCn1cc(C(=O)c2cc(Br)cs2)cn1. The normalized spacial score (nSPS) is 10.6. The third-order valence-corrected chi connectivity index (χ3v) is 3.83. The predicted molar refractivity (Wildman–Crippen MR) is 68.0 cm³/mol. The van der Waals surface area contributed by atoms with Crippen LogP contribution in [0.2, 0.25) is 0 Å². The molecule has 0 N–H and O–H groups in total. The molecule has 0 spiro atoms. The smallest absolute Gasteiger partial charge is 0.206 e. The first-order chi connectivity index (χ1) is 7.70. The molecule has 5 heteroatoms. The zero-order valence-electron chi connectivity index (χ0n) is 8.81. The van der Waals surface area contributed by atoms with Crippen LogP contribution in [0.15, 0.2) is 28.3 Å². The number of aryl methyl sites for hydroxylation is 1. The summed E-state index contributed by atoms with van der Waals surface area (Å²) >= 11 is 4.78. The summed E-state index contributed by atoms with van der Waals surface area (Å²) in [6.45, 7) is 2.93. The highest BCUT2D eigenvalue weighted by Crippen LogP contribution is 2.22. The molecule has 0 unspecified atom stereocenters. The molecule has 2 aromatic rings. The fourth-order valence-corrected chi connectivity index (χ4v) is 2.79. The van der Waals surface area contributed by atoms with E-state index in [1.165, 1.54) is 11.3 Å². The molecular weight excluding hydrogens is 288 g/mol. The van der Waals surface area contributed by atoms with Gasteiger partial charge in [-0.2, -0.15) is 5.10 Å². The highest BCUT2D eigenvalue weighted by atomic mass is 79.9. The molecule has 2 aromatic heterocycles. The van der Waals surface area contributed by atoms with Crippen LogP contribution in [0.1, 0.15) is 28.6 Å². The Kier molecular flexibility index (Phi) is 3.56. The lowest BCUT2D eigenvalue weighted by Gasteiger charge is -1.95. The predicted octanol–water partition coefficient (Wildman–Crippen LogP) is 3.35. The Morgan fingerprint density at radius 2 is 2.44 bits per heavy atom. The molecule has 0 atom stereocenters. The van der Waals surface area contributed by atoms with Crippen molar-refractivity contribution in [1.29, 1.82) is 0 Å². The van der Waals surface area contributed by atoms with Gasteiger partial charge < -0.3 is 0 Å². The lowest BCUT2D eigenvalue weighted by Crippen LogP contribution is -1.98. The maximum atomic E-state index is 12.0. The van der Waals surface area contributed by atoms with Crippen molar-refractivity contribution in [2.24, 2.45) is 0 Å². The Morgan fingerprint density at radius 3 is 3.06 bits per heavy atom. The summed E-state index contributed by atoms with van der Waals surface area (Å²) in [4.78, 5) is 12.8. The van der Waals surface area contributed by atoms with Crippen LogP contribution in [0.25, 0.3) is 0 Å². The van der Waals surface area contributed by atoms with Crippen molar-refractivity contribution < 1.29 is 4.79 Å². The number of hydrogen-bond donors (Lipinski definition) is 0. The minimum atomic E-state index is 0.0399. The zero-order valence-corrected chi connectivity index (χ0v) is 11.2. The number of halogens is 1. The third-order valence-electron chi connectivity index (χ3n) is 2.14. The van der Waals surface area contributed by atoms with Crippen molar-refractivity contribution in [3.8, 4) is 0 Å². The van der Waals surface area contributed by atoms with Crippen molar-refractivity contribution in [2.45, 2.75) is 19.9 Å². The Bertz CT molecular complexity index is 504. The van der Waals surface area contributed by atoms with Gasteiger partial charge in [0.25, 0.3) is 0 Å². The molecule has 0 aliphatic heterocycles.